The molecule has 0 atom stereocenters. The molecular formula is C47H43NO10. The van der Waals surface area contributed by atoms with Gasteiger partial charge >= 0.3 is 5.97 Å². The van der Waals surface area contributed by atoms with Crippen molar-refractivity contribution in [2.75, 3.05) is 59.8 Å². The summed E-state index contributed by atoms with van der Waals surface area (Å²) in [6.07, 6.45) is 0. The van der Waals surface area contributed by atoms with Crippen LogP contribution < -0.4 is 20.3 Å². The second kappa shape index (κ2) is 19.6. The molecule has 0 aliphatic rings. The summed E-state index contributed by atoms with van der Waals surface area (Å²) in [5.41, 5.74) is 4.02. The number of carbonyl (C=O) groups excluding carboxylic acids is 1. The Labute approximate surface area is 334 Å². The Balaban J connectivity index is 0.846. The van der Waals surface area contributed by atoms with Gasteiger partial charge in [0.2, 0.25) is 0 Å². The zero-order valence-electron chi connectivity index (χ0n) is 32.1. The molecule has 11 heteroatoms. The van der Waals surface area contributed by atoms with Crippen molar-refractivity contribution in [3.8, 4) is 34.1 Å². The molecule has 11 nitrogen and oxygen atoms in total. The van der Waals surface area contributed by atoms with E-state index in [4.69, 9.17) is 32.5 Å². The monoisotopic (exact) mass is 781 g/mol. The molecule has 2 aromatic heterocycles. The summed E-state index contributed by atoms with van der Waals surface area (Å²) in [5, 5.41) is 1.10. The van der Waals surface area contributed by atoms with Crippen molar-refractivity contribution < 1.29 is 37.3 Å². The third-order valence-corrected chi connectivity index (χ3v) is 9.42. The van der Waals surface area contributed by atoms with E-state index in [1.165, 1.54) is 19.2 Å². The Morgan fingerprint density at radius 3 is 1.48 bits per heavy atom. The predicted octanol–water partition coefficient (Wildman–Crippen LogP) is 8.01. The number of nitrogens with zero attached hydrogens (tertiary/aromatic N) is 1. The van der Waals surface area contributed by atoms with Crippen LogP contribution >= 0.6 is 0 Å². The van der Waals surface area contributed by atoms with Gasteiger partial charge in [-0.3, -0.25) is 14.5 Å². The minimum absolute atomic E-state index is 0.0848. The Morgan fingerprint density at radius 2 is 1.02 bits per heavy atom. The second-order valence-corrected chi connectivity index (χ2v) is 13.4. The van der Waals surface area contributed by atoms with Gasteiger partial charge in [0.15, 0.2) is 10.9 Å². The van der Waals surface area contributed by atoms with Gasteiger partial charge in [0, 0.05) is 42.9 Å². The summed E-state index contributed by atoms with van der Waals surface area (Å²) in [5.74, 6) is 1.99. The van der Waals surface area contributed by atoms with E-state index in [0.717, 1.165) is 16.7 Å². The number of methoxy groups -OCH3 is 1. The molecule has 0 fully saturated rings. The van der Waals surface area contributed by atoms with Crippen LogP contribution in [0.4, 0.5) is 0 Å². The molecule has 0 amide bonds. The van der Waals surface area contributed by atoms with Crippen molar-refractivity contribution in [3.63, 3.8) is 0 Å². The molecule has 58 heavy (non-hydrogen) atoms. The first kappa shape index (κ1) is 39.7. The predicted molar refractivity (Wildman–Crippen MR) is 222 cm³/mol. The second-order valence-electron chi connectivity index (χ2n) is 13.4. The number of benzene rings is 5. The van der Waals surface area contributed by atoms with Gasteiger partial charge in [0.05, 0.1) is 49.9 Å². The standard InChI is InChI=1S/C47H43NO10/c1-52-47(51)36-12-10-33(11-13-36)32-48(22-24-53-26-28-55-37-18-14-34(15-19-37)45-30-41(49)39-6-2-4-8-43(39)57-45)23-25-54-27-29-56-38-20-16-35(17-21-38)46-31-42(50)40-7-3-5-9-44(40)58-46/h2-21,30-31H,22-29,32H2,1H3. The van der Waals surface area contributed by atoms with Gasteiger partial charge in [-0.15, -0.1) is 0 Å². The quantitative estimate of drug-likeness (QED) is 0.0585. The van der Waals surface area contributed by atoms with Crippen LogP contribution in [0.2, 0.25) is 0 Å². The highest BCUT2D eigenvalue weighted by Crippen LogP contribution is 2.26. The van der Waals surface area contributed by atoms with Crippen molar-refractivity contribution in [2.24, 2.45) is 0 Å². The number of rotatable bonds is 19. The van der Waals surface area contributed by atoms with Crippen LogP contribution in [0.25, 0.3) is 44.6 Å². The van der Waals surface area contributed by atoms with Crippen LogP contribution in [0, 0.1) is 0 Å². The van der Waals surface area contributed by atoms with E-state index in [2.05, 4.69) is 4.90 Å². The van der Waals surface area contributed by atoms with Crippen molar-refractivity contribution in [1.29, 1.82) is 0 Å². The Hall–Kier alpha value is -6.53. The van der Waals surface area contributed by atoms with Gasteiger partial charge in [-0.2, -0.15) is 0 Å². The average Bonchev–Trinajstić information content (AvgIpc) is 3.26. The summed E-state index contributed by atoms with van der Waals surface area (Å²) in [6.45, 7) is 4.41. The SMILES string of the molecule is COC(=O)c1ccc(CN(CCOCCOc2ccc(-c3cc(=O)c4ccccc4o3)cc2)CCOCCOc2ccc(-c3cc(=O)c4ccccc4o3)cc2)cc1. The first-order valence-electron chi connectivity index (χ1n) is 19.0. The number of fused-ring (bicyclic) bond motifs is 2. The highest BCUT2D eigenvalue weighted by molar-refractivity contribution is 5.89. The van der Waals surface area contributed by atoms with Crippen molar-refractivity contribution in [2.45, 2.75) is 6.54 Å². The molecule has 5 aromatic carbocycles. The normalized spacial score (nSPS) is 11.3. The molecule has 0 radical (unpaired) electrons. The molecule has 0 spiro atoms. The first-order chi connectivity index (χ1) is 28.4. The van der Waals surface area contributed by atoms with E-state index >= 15 is 0 Å². The van der Waals surface area contributed by atoms with Crippen molar-refractivity contribution in [1.82, 2.24) is 4.90 Å². The van der Waals surface area contributed by atoms with Gasteiger partial charge in [-0.25, -0.2) is 4.79 Å². The molecular weight excluding hydrogens is 739 g/mol. The summed E-state index contributed by atoms with van der Waals surface area (Å²) < 4.78 is 40.4. The van der Waals surface area contributed by atoms with Crippen LogP contribution in [0.1, 0.15) is 15.9 Å². The smallest absolute Gasteiger partial charge is 0.337 e. The lowest BCUT2D eigenvalue weighted by Crippen LogP contribution is -2.31. The largest absolute Gasteiger partial charge is 0.491 e. The molecule has 0 bridgehead atoms. The minimum Gasteiger partial charge on any atom is -0.491 e. The summed E-state index contributed by atoms with van der Waals surface area (Å²) >= 11 is 0. The van der Waals surface area contributed by atoms with E-state index in [1.807, 2.05) is 84.9 Å². The number of para-hydroxylation sites is 2. The van der Waals surface area contributed by atoms with Crippen LogP contribution in [-0.2, 0) is 20.8 Å². The lowest BCUT2D eigenvalue weighted by molar-refractivity contribution is 0.0534. The van der Waals surface area contributed by atoms with E-state index in [-0.39, 0.29) is 16.8 Å². The first-order valence-corrected chi connectivity index (χ1v) is 19.0. The Morgan fingerprint density at radius 1 is 0.552 bits per heavy atom. The maximum atomic E-state index is 12.5. The molecule has 0 aliphatic heterocycles. The molecule has 7 aromatic rings. The third-order valence-electron chi connectivity index (χ3n) is 9.42. The Kier molecular flexibility index (Phi) is 13.4. The van der Waals surface area contributed by atoms with Gasteiger partial charge in [-0.1, -0.05) is 36.4 Å². The van der Waals surface area contributed by atoms with Gasteiger partial charge < -0.3 is 32.5 Å². The molecule has 0 unspecified atom stereocenters. The number of ether oxygens (including phenoxy) is 5. The molecule has 0 N–H and O–H groups in total. The molecule has 0 saturated heterocycles. The van der Waals surface area contributed by atoms with E-state index in [0.29, 0.717) is 110 Å². The Bertz CT molecular complexity index is 2400. The molecule has 0 aliphatic carbocycles. The molecule has 2 heterocycles. The zero-order valence-corrected chi connectivity index (χ0v) is 32.1. The fraction of sp³-hybridized carbons (Fsp3) is 0.213. The summed E-state index contributed by atoms with van der Waals surface area (Å²) in [6, 6.07) is 39.6. The van der Waals surface area contributed by atoms with E-state index in [9.17, 15) is 14.4 Å². The van der Waals surface area contributed by atoms with Gasteiger partial charge in [-0.05, 0) is 90.5 Å². The fourth-order valence-corrected chi connectivity index (χ4v) is 6.34. The highest BCUT2D eigenvalue weighted by atomic mass is 16.5. The van der Waals surface area contributed by atoms with Gasteiger partial charge in [0.1, 0.15) is 47.4 Å². The average molecular weight is 782 g/mol. The van der Waals surface area contributed by atoms with E-state index < -0.39 is 0 Å². The van der Waals surface area contributed by atoms with Crippen LogP contribution in [0.15, 0.2) is 152 Å². The molecule has 7 rings (SSSR count). The molecule has 296 valence electrons. The van der Waals surface area contributed by atoms with Crippen LogP contribution in [0.5, 0.6) is 11.5 Å². The highest BCUT2D eigenvalue weighted by Gasteiger charge is 2.11. The maximum Gasteiger partial charge on any atom is 0.337 e. The van der Waals surface area contributed by atoms with Gasteiger partial charge in [0.25, 0.3) is 0 Å². The zero-order chi connectivity index (χ0) is 40.1. The minimum atomic E-state index is -0.377. The molecule has 0 saturated carbocycles. The van der Waals surface area contributed by atoms with Crippen LogP contribution in [0.3, 0.4) is 0 Å². The van der Waals surface area contributed by atoms with Crippen molar-refractivity contribution >= 4 is 27.9 Å². The van der Waals surface area contributed by atoms with Crippen LogP contribution in [-0.4, -0.2) is 70.7 Å². The number of carbonyl (C=O) groups is 1. The lowest BCUT2D eigenvalue weighted by atomic mass is 10.1. The van der Waals surface area contributed by atoms with E-state index in [1.54, 1.807) is 36.4 Å². The topological polar surface area (TPSA) is 127 Å². The third kappa shape index (κ3) is 10.4. The number of esters is 1. The number of hydrogen-bond acceptors (Lipinski definition) is 11. The maximum absolute atomic E-state index is 12.5. The van der Waals surface area contributed by atoms with Crippen molar-refractivity contribution in [3.05, 3.63) is 165 Å². The summed E-state index contributed by atoms with van der Waals surface area (Å²) in [7, 11) is 1.36. The lowest BCUT2D eigenvalue weighted by Gasteiger charge is -2.22. The number of hydrogen-bond donors (Lipinski definition) is 0. The summed E-state index contributed by atoms with van der Waals surface area (Å²) in [4.78, 5) is 39.2. The fourth-order valence-electron chi connectivity index (χ4n) is 6.34.